The average Bonchev–Trinajstić information content (AvgIpc) is 2.56. The van der Waals surface area contributed by atoms with Gasteiger partial charge in [0.05, 0.1) is 7.11 Å². The summed E-state index contributed by atoms with van der Waals surface area (Å²) in [4.78, 5) is 0. The van der Waals surface area contributed by atoms with E-state index in [4.69, 9.17) is 4.74 Å². The summed E-state index contributed by atoms with van der Waals surface area (Å²) in [6, 6.07) is 4.13. The molecule has 1 N–H and O–H groups in total. The monoisotopic (exact) mass is 366 g/mol. The van der Waals surface area contributed by atoms with Crippen molar-refractivity contribution in [3.05, 3.63) is 23.3 Å². The quantitative estimate of drug-likeness (QED) is 0.618. The Morgan fingerprint density at radius 3 is 2.12 bits per heavy atom. The molecule has 0 saturated heterocycles. The molecule has 0 bridgehead atoms. The molecule has 0 atom stereocenters. The van der Waals surface area contributed by atoms with Crippen LogP contribution in [0.2, 0.25) is 0 Å². The third-order valence-electron chi connectivity index (χ3n) is 4.77. The number of rotatable bonds is 4. The number of benzene rings is 1. The zero-order valence-corrected chi connectivity index (χ0v) is 18.0. The van der Waals surface area contributed by atoms with E-state index in [2.05, 4.69) is 26.8 Å². The third-order valence-corrected chi connectivity index (χ3v) is 6.19. The first-order chi connectivity index (χ1) is 11.9. The summed E-state index contributed by atoms with van der Waals surface area (Å²) in [5, 5.41) is 11.2. The van der Waals surface area contributed by atoms with E-state index in [0.717, 1.165) is 16.6 Å². The number of hydrogen-bond donors (Lipinski definition) is 1. The Bertz CT molecular complexity index is 497. The Morgan fingerprint density at radius 2 is 1.60 bits per heavy atom. The minimum Gasteiger partial charge on any atom is -0.504 e. The largest absolute Gasteiger partial charge is 0.504 e. The van der Waals surface area contributed by atoms with Gasteiger partial charge in [-0.2, -0.15) is 11.8 Å². The van der Waals surface area contributed by atoms with Crippen LogP contribution < -0.4 is 4.74 Å². The van der Waals surface area contributed by atoms with E-state index in [1.165, 1.54) is 50.5 Å². The van der Waals surface area contributed by atoms with Gasteiger partial charge in [-0.05, 0) is 29.9 Å². The van der Waals surface area contributed by atoms with Crippen LogP contribution in [0.1, 0.15) is 90.7 Å². The molecule has 2 nitrogen and oxygen atoms in total. The van der Waals surface area contributed by atoms with Gasteiger partial charge in [0.25, 0.3) is 0 Å². The lowest BCUT2D eigenvalue weighted by Gasteiger charge is -2.23. The zero-order valence-electron chi connectivity index (χ0n) is 17.2. The average molecular weight is 367 g/mol. The Hall–Kier alpha value is -0.830. The molecule has 144 valence electrons. The van der Waals surface area contributed by atoms with Crippen LogP contribution in [-0.2, 0) is 11.2 Å². The molecule has 0 spiro atoms. The molecule has 0 aliphatic heterocycles. The van der Waals surface area contributed by atoms with Crippen LogP contribution in [0, 0.1) is 0 Å². The molecule has 3 heteroatoms. The normalized spacial score (nSPS) is 16.4. The fraction of sp³-hybridized carbons (Fsp3) is 0.727. The molecular formula is C22H38O2S. The standard InChI is InChI=1S/C20H32O2S.C2H6/c1-20(2,3)16-12-15(19(21)18(13-16)22-4)14-23-17-10-8-6-5-7-9-11-17;1-2/h12-13,17,21H,5-11,14H2,1-4H3;1-2H3. The SMILES string of the molecule is CC.COc1cc(C(C)(C)C)cc(CSC2CCCCCCC2)c1O. The van der Waals surface area contributed by atoms with Gasteiger partial charge in [-0.1, -0.05) is 72.8 Å². The Balaban J connectivity index is 0.00000151. The van der Waals surface area contributed by atoms with Crippen LogP contribution >= 0.6 is 11.8 Å². The van der Waals surface area contributed by atoms with Crippen LogP contribution in [0.4, 0.5) is 0 Å². The molecule has 1 aliphatic rings. The van der Waals surface area contributed by atoms with E-state index in [-0.39, 0.29) is 5.41 Å². The van der Waals surface area contributed by atoms with Crippen molar-refractivity contribution in [3.63, 3.8) is 0 Å². The van der Waals surface area contributed by atoms with Gasteiger partial charge in [0.1, 0.15) is 0 Å². The van der Waals surface area contributed by atoms with Crippen molar-refractivity contribution in [1.29, 1.82) is 0 Å². The maximum absolute atomic E-state index is 10.5. The molecule has 1 fully saturated rings. The predicted octanol–water partition coefficient (Wildman–Crippen LogP) is 7.07. The number of ether oxygens (including phenoxy) is 1. The Labute approximate surface area is 159 Å². The molecule has 1 aromatic rings. The Morgan fingerprint density at radius 1 is 1.04 bits per heavy atom. The second kappa shape index (κ2) is 11.0. The van der Waals surface area contributed by atoms with Crippen molar-refractivity contribution in [3.8, 4) is 11.5 Å². The van der Waals surface area contributed by atoms with Crippen molar-refractivity contribution in [2.45, 2.75) is 96.0 Å². The van der Waals surface area contributed by atoms with Gasteiger partial charge in [-0.15, -0.1) is 0 Å². The fourth-order valence-corrected chi connectivity index (χ4v) is 4.46. The fourth-order valence-electron chi connectivity index (χ4n) is 3.16. The summed E-state index contributed by atoms with van der Waals surface area (Å²) in [6.45, 7) is 10.6. The smallest absolute Gasteiger partial charge is 0.161 e. The van der Waals surface area contributed by atoms with Gasteiger partial charge in [0.15, 0.2) is 11.5 Å². The van der Waals surface area contributed by atoms with Gasteiger partial charge < -0.3 is 9.84 Å². The van der Waals surface area contributed by atoms with Crippen LogP contribution in [0.15, 0.2) is 12.1 Å². The highest BCUT2D eigenvalue weighted by atomic mass is 32.2. The van der Waals surface area contributed by atoms with Crippen LogP contribution in [0.3, 0.4) is 0 Å². The summed E-state index contributed by atoms with van der Waals surface area (Å²) in [5.74, 6) is 1.79. The second-order valence-corrected chi connectivity index (χ2v) is 9.00. The van der Waals surface area contributed by atoms with Crippen LogP contribution in [-0.4, -0.2) is 17.5 Å². The van der Waals surface area contributed by atoms with Crippen molar-refractivity contribution >= 4 is 11.8 Å². The van der Waals surface area contributed by atoms with Gasteiger partial charge in [-0.3, -0.25) is 0 Å². The van der Waals surface area contributed by atoms with E-state index in [9.17, 15) is 5.11 Å². The maximum Gasteiger partial charge on any atom is 0.161 e. The molecule has 0 amide bonds. The van der Waals surface area contributed by atoms with Crippen molar-refractivity contribution in [2.75, 3.05) is 7.11 Å². The van der Waals surface area contributed by atoms with Crippen molar-refractivity contribution in [2.24, 2.45) is 0 Å². The minimum absolute atomic E-state index is 0.0562. The topological polar surface area (TPSA) is 29.5 Å². The first kappa shape index (κ1) is 22.2. The summed E-state index contributed by atoms with van der Waals surface area (Å²) in [7, 11) is 1.63. The maximum atomic E-state index is 10.5. The van der Waals surface area contributed by atoms with Gasteiger partial charge in [-0.25, -0.2) is 0 Å². The molecule has 1 aromatic carbocycles. The number of thioether (sulfide) groups is 1. The van der Waals surface area contributed by atoms with Gasteiger partial charge in [0, 0.05) is 16.6 Å². The highest BCUT2D eigenvalue weighted by molar-refractivity contribution is 7.99. The minimum atomic E-state index is 0.0562. The third kappa shape index (κ3) is 7.13. The van der Waals surface area contributed by atoms with Crippen molar-refractivity contribution in [1.82, 2.24) is 0 Å². The molecular weight excluding hydrogens is 328 g/mol. The molecule has 0 heterocycles. The molecule has 25 heavy (non-hydrogen) atoms. The number of hydrogen-bond acceptors (Lipinski definition) is 3. The summed E-state index contributed by atoms with van der Waals surface area (Å²) >= 11 is 2.01. The lowest BCUT2D eigenvalue weighted by molar-refractivity contribution is 0.369. The molecule has 1 aliphatic carbocycles. The van der Waals surface area contributed by atoms with E-state index < -0.39 is 0 Å². The van der Waals surface area contributed by atoms with Crippen molar-refractivity contribution < 1.29 is 9.84 Å². The zero-order chi connectivity index (χ0) is 18.9. The number of methoxy groups -OCH3 is 1. The predicted molar refractivity (Wildman–Crippen MR) is 112 cm³/mol. The molecule has 2 rings (SSSR count). The van der Waals surface area contributed by atoms with Crippen LogP contribution in [0.5, 0.6) is 11.5 Å². The lowest BCUT2D eigenvalue weighted by atomic mass is 9.86. The van der Waals surface area contributed by atoms with E-state index in [0.29, 0.717) is 11.5 Å². The number of phenols is 1. The highest BCUT2D eigenvalue weighted by Crippen LogP contribution is 2.39. The summed E-state index contributed by atoms with van der Waals surface area (Å²) in [5.41, 5.74) is 2.29. The number of phenolic OH excluding ortho intramolecular Hbond substituents is 1. The van der Waals surface area contributed by atoms with Gasteiger partial charge in [0.2, 0.25) is 0 Å². The Kier molecular flexibility index (Phi) is 9.78. The lowest BCUT2D eigenvalue weighted by Crippen LogP contribution is -2.12. The molecule has 0 unspecified atom stereocenters. The molecule has 0 aromatic heterocycles. The highest BCUT2D eigenvalue weighted by Gasteiger charge is 2.20. The molecule has 0 radical (unpaired) electrons. The summed E-state index contributed by atoms with van der Waals surface area (Å²) < 4.78 is 5.39. The number of aromatic hydroxyl groups is 1. The first-order valence-electron chi connectivity index (χ1n) is 9.94. The molecule has 1 saturated carbocycles. The van der Waals surface area contributed by atoms with Crippen LogP contribution in [0.25, 0.3) is 0 Å². The second-order valence-electron chi connectivity index (χ2n) is 7.71. The summed E-state index contributed by atoms with van der Waals surface area (Å²) in [6.07, 6.45) is 9.53. The first-order valence-corrected chi connectivity index (χ1v) is 11.0. The van der Waals surface area contributed by atoms with E-state index in [1.54, 1.807) is 7.11 Å². The van der Waals surface area contributed by atoms with E-state index >= 15 is 0 Å². The van der Waals surface area contributed by atoms with Gasteiger partial charge >= 0.3 is 0 Å². The van der Waals surface area contributed by atoms with E-state index in [1.807, 2.05) is 31.7 Å².